The van der Waals surface area contributed by atoms with Gasteiger partial charge in [-0.3, -0.25) is 0 Å². The quantitative estimate of drug-likeness (QED) is 0.712. The highest BCUT2D eigenvalue weighted by Crippen LogP contribution is 2.27. The molecule has 94 valence electrons. The molecule has 0 aliphatic rings. The first-order chi connectivity index (χ1) is 8.26. The number of halogens is 1. The molecule has 0 aliphatic carbocycles. The summed E-state index contributed by atoms with van der Waals surface area (Å²) < 4.78 is 0. The van der Waals surface area contributed by atoms with Gasteiger partial charge in [-0.15, -0.1) is 12.4 Å². The monoisotopic (exact) mass is 276 g/mol. The van der Waals surface area contributed by atoms with Crippen LogP contribution in [0.1, 0.15) is 23.6 Å². The first-order valence-corrected chi connectivity index (χ1v) is 6.37. The fourth-order valence-corrected chi connectivity index (χ4v) is 2.33. The van der Waals surface area contributed by atoms with Crippen molar-refractivity contribution in [3.8, 4) is 11.1 Å². The third-order valence-electron chi connectivity index (χ3n) is 3.02. The Balaban J connectivity index is 0.00000162. The van der Waals surface area contributed by atoms with Crippen molar-refractivity contribution in [1.29, 1.82) is 0 Å². The van der Waals surface area contributed by atoms with Gasteiger partial charge in [-0.05, 0) is 35.6 Å². The molecular weight excluding hydrogens is 260 g/mol. The lowest BCUT2D eigenvalue weighted by molar-refractivity contribution is 1.13. The average Bonchev–Trinajstić information content (AvgIpc) is 2.38. The van der Waals surface area contributed by atoms with Gasteiger partial charge >= 0.3 is 0 Å². The predicted molar refractivity (Wildman–Crippen MR) is 86.0 cm³/mol. The Kier molecular flexibility index (Phi) is 5.52. The SMILES string of the molecule is CCc1cc(C)ccc1-c1ccccc1C=S.Cl. The highest BCUT2D eigenvalue weighted by atomic mass is 35.5. The zero-order valence-electron chi connectivity index (χ0n) is 10.6. The topological polar surface area (TPSA) is 0 Å². The van der Waals surface area contributed by atoms with Crippen molar-refractivity contribution in [1.82, 2.24) is 0 Å². The second kappa shape index (κ2) is 6.67. The van der Waals surface area contributed by atoms with Crippen molar-refractivity contribution < 1.29 is 0 Å². The Labute approximate surface area is 120 Å². The van der Waals surface area contributed by atoms with Crippen LogP contribution in [-0.2, 0) is 6.42 Å². The largest absolute Gasteiger partial charge is 0.147 e. The smallest absolute Gasteiger partial charge is 0.00923 e. The Morgan fingerprint density at radius 1 is 1.06 bits per heavy atom. The van der Waals surface area contributed by atoms with Crippen LogP contribution in [0.25, 0.3) is 11.1 Å². The molecule has 0 heterocycles. The molecule has 0 fully saturated rings. The van der Waals surface area contributed by atoms with Gasteiger partial charge in [0, 0.05) is 5.37 Å². The second-order valence-electron chi connectivity index (χ2n) is 4.22. The van der Waals surface area contributed by atoms with E-state index in [1.165, 1.54) is 22.3 Å². The van der Waals surface area contributed by atoms with E-state index in [1.807, 2.05) is 6.07 Å². The van der Waals surface area contributed by atoms with Crippen molar-refractivity contribution in [3.05, 3.63) is 59.2 Å². The van der Waals surface area contributed by atoms with Crippen LogP contribution in [0.5, 0.6) is 0 Å². The van der Waals surface area contributed by atoms with Gasteiger partial charge in [0.25, 0.3) is 0 Å². The van der Waals surface area contributed by atoms with E-state index in [0.29, 0.717) is 0 Å². The molecule has 0 nitrogen and oxygen atoms in total. The lowest BCUT2D eigenvalue weighted by Gasteiger charge is -2.11. The zero-order valence-corrected chi connectivity index (χ0v) is 12.3. The van der Waals surface area contributed by atoms with E-state index in [1.54, 1.807) is 5.37 Å². The molecule has 18 heavy (non-hydrogen) atoms. The molecule has 2 aromatic rings. The molecule has 0 bridgehead atoms. The third-order valence-corrected chi connectivity index (χ3v) is 3.27. The fourth-order valence-electron chi connectivity index (χ4n) is 2.12. The van der Waals surface area contributed by atoms with E-state index in [2.05, 4.69) is 50.2 Å². The zero-order chi connectivity index (χ0) is 12.3. The summed E-state index contributed by atoms with van der Waals surface area (Å²) in [6, 6.07) is 14.9. The lowest BCUT2D eigenvalue weighted by Crippen LogP contribution is -1.92. The van der Waals surface area contributed by atoms with Crippen LogP contribution in [0.15, 0.2) is 42.5 Å². The molecule has 0 aromatic heterocycles. The lowest BCUT2D eigenvalue weighted by atomic mass is 9.93. The number of thiocarbonyl (C=S) groups is 1. The normalized spacial score (nSPS) is 9.67. The summed E-state index contributed by atoms with van der Waals surface area (Å²) in [5, 5.41) is 1.76. The summed E-state index contributed by atoms with van der Waals surface area (Å²) >= 11 is 5.09. The second-order valence-corrected chi connectivity index (χ2v) is 4.45. The van der Waals surface area contributed by atoms with Crippen molar-refractivity contribution in [3.63, 3.8) is 0 Å². The summed E-state index contributed by atoms with van der Waals surface area (Å²) in [4.78, 5) is 0. The predicted octanol–water partition coefficient (Wildman–Crippen LogP) is 4.99. The van der Waals surface area contributed by atoms with Crippen molar-refractivity contribution >= 4 is 30.0 Å². The van der Waals surface area contributed by atoms with Crippen LogP contribution in [0.4, 0.5) is 0 Å². The average molecular weight is 277 g/mol. The van der Waals surface area contributed by atoms with Gasteiger partial charge in [0.05, 0.1) is 0 Å². The molecule has 0 N–H and O–H groups in total. The van der Waals surface area contributed by atoms with Gasteiger partial charge in [-0.2, -0.15) is 0 Å². The summed E-state index contributed by atoms with van der Waals surface area (Å²) in [7, 11) is 0. The molecule has 2 aromatic carbocycles. The number of rotatable bonds is 3. The maximum absolute atomic E-state index is 5.09. The van der Waals surface area contributed by atoms with E-state index in [-0.39, 0.29) is 12.4 Å². The highest BCUT2D eigenvalue weighted by Gasteiger charge is 2.06. The minimum Gasteiger partial charge on any atom is -0.147 e. The number of hydrogen-bond donors (Lipinski definition) is 0. The molecule has 0 unspecified atom stereocenters. The van der Waals surface area contributed by atoms with Crippen molar-refractivity contribution in [2.24, 2.45) is 0 Å². The van der Waals surface area contributed by atoms with E-state index in [0.717, 1.165) is 12.0 Å². The Hall–Kier alpha value is -1.18. The van der Waals surface area contributed by atoms with Gasteiger partial charge in [-0.25, -0.2) is 0 Å². The maximum Gasteiger partial charge on any atom is 0.00923 e. The van der Waals surface area contributed by atoms with E-state index >= 15 is 0 Å². The van der Waals surface area contributed by atoms with Gasteiger partial charge < -0.3 is 0 Å². The fraction of sp³-hybridized carbons (Fsp3) is 0.188. The van der Waals surface area contributed by atoms with E-state index in [9.17, 15) is 0 Å². The van der Waals surface area contributed by atoms with Gasteiger partial charge in [-0.1, -0.05) is 67.2 Å². The molecule has 0 aliphatic heterocycles. The standard InChI is InChI=1S/C16H16S.ClH/c1-3-13-10-12(2)8-9-16(13)15-7-5-4-6-14(15)11-17;/h4-11H,3H2,1-2H3;1H. The maximum atomic E-state index is 5.09. The first-order valence-electron chi connectivity index (χ1n) is 5.90. The molecule has 0 saturated heterocycles. The van der Waals surface area contributed by atoms with Crippen LogP contribution in [0.3, 0.4) is 0 Å². The van der Waals surface area contributed by atoms with E-state index < -0.39 is 0 Å². The minimum atomic E-state index is 0. The Morgan fingerprint density at radius 2 is 1.78 bits per heavy atom. The Bertz CT molecular complexity index is 547. The Morgan fingerprint density at radius 3 is 2.44 bits per heavy atom. The third kappa shape index (κ3) is 2.98. The molecule has 2 heteroatoms. The van der Waals surface area contributed by atoms with Crippen LogP contribution >= 0.6 is 24.6 Å². The number of benzene rings is 2. The van der Waals surface area contributed by atoms with Crippen LogP contribution in [-0.4, -0.2) is 5.37 Å². The van der Waals surface area contributed by atoms with Crippen LogP contribution in [0, 0.1) is 6.92 Å². The van der Waals surface area contributed by atoms with E-state index in [4.69, 9.17) is 12.2 Å². The molecule has 0 spiro atoms. The van der Waals surface area contributed by atoms with Gasteiger partial charge in [0.15, 0.2) is 0 Å². The number of aryl methyl sites for hydroxylation is 2. The van der Waals surface area contributed by atoms with Gasteiger partial charge in [0.1, 0.15) is 0 Å². The van der Waals surface area contributed by atoms with Crippen molar-refractivity contribution in [2.45, 2.75) is 20.3 Å². The van der Waals surface area contributed by atoms with Crippen LogP contribution in [0.2, 0.25) is 0 Å². The highest BCUT2D eigenvalue weighted by molar-refractivity contribution is 7.79. The van der Waals surface area contributed by atoms with Crippen LogP contribution < -0.4 is 0 Å². The molecule has 0 amide bonds. The number of hydrogen-bond acceptors (Lipinski definition) is 1. The van der Waals surface area contributed by atoms with Gasteiger partial charge in [0.2, 0.25) is 0 Å². The summed E-state index contributed by atoms with van der Waals surface area (Å²) in [5.41, 5.74) is 6.36. The summed E-state index contributed by atoms with van der Waals surface area (Å²) in [6.45, 7) is 4.33. The van der Waals surface area contributed by atoms with Crippen molar-refractivity contribution in [2.75, 3.05) is 0 Å². The molecule has 0 radical (unpaired) electrons. The molecule has 0 atom stereocenters. The summed E-state index contributed by atoms with van der Waals surface area (Å²) in [5.74, 6) is 0. The summed E-state index contributed by atoms with van der Waals surface area (Å²) in [6.07, 6.45) is 1.04. The first kappa shape index (κ1) is 14.9. The molecular formula is C16H17ClS. The molecule has 2 rings (SSSR count). The minimum absolute atomic E-state index is 0. The molecule has 0 saturated carbocycles.